The molecule has 2 unspecified atom stereocenters. The lowest BCUT2D eigenvalue weighted by Gasteiger charge is -2.34. The van der Waals surface area contributed by atoms with Crippen molar-refractivity contribution in [2.24, 2.45) is 5.92 Å². The first-order valence-corrected chi connectivity index (χ1v) is 9.23. The zero-order chi connectivity index (χ0) is 15.5. The normalized spacial score (nSPS) is 27.9. The fraction of sp³-hybridized carbons (Fsp3) is 0.938. The molecular formula is C16H30N2O2S. The number of carbonyl (C=O) groups excluding carboxylic acids is 1. The van der Waals surface area contributed by atoms with Gasteiger partial charge in [0.15, 0.2) is 0 Å². The van der Waals surface area contributed by atoms with Crippen LogP contribution in [0.3, 0.4) is 0 Å². The number of thioether (sulfide) groups is 1. The number of ether oxygens (including phenoxy) is 1. The second-order valence-electron chi connectivity index (χ2n) is 7.29. The Morgan fingerprint density at radius 1 is 1.29 bits per heavy atom. The van der Waals surface area contributed by atoms with Crippen molar-refractivity contribution >= 4 is 17.9 Å². The minimum absolute atomic E-state index is 0.158. The van der Waals surface area contributed by atoms with Crippen molar-refractivity contribution in [2.45, 2.75) is 63.9 Å². The highest BCUT2D eigenvalue weighted by atomic mass is 32.2. The van der Waals surface area contributed by atoms with Crippen LogP contribution in [0.1, 0.15) is 47.0 Å². The molecule has 5 heteroatoms. The van der Waals surface area contributed by atoms with Crippen LogP contribution in [0.2, 0.25) is 0 Å². The third-order valence-corrected chi connectivity index (χ3v) is 5.64. The molecule has 2 rings (SSSR count). The third-order valence-electron chi connectivity index (χ3n) is 4.31. The largest absolute Gasteiger partial charge is 0.444 e. The Hall–Kier alpha value is -0.420. The van der Waals surface area contributed by atoms with Gasteiger partial charge in [0.25, 0.3) is 0 Å². The average Bonchev–Trinajstić information content (AvgIpc) is 2.80. The predicted molar refractivity (Wildman–Crippen MR) is 88.9 cm³/mol. The number of nitrogens with zero attached hydrogens (tertiary/aromatic N) is 1. The van der Waals surface area contributed by atoms with Gasteiger partial charge in [0, 0.05) is 24.4 Å². The maximum atomic E-state index is 12.0. The lowest BCUT2D eigenvalue weighted by atomic mass is 9.96. The Kier molecular flexibility index (Phi) is 5.83. The highest BCUT2D eigenvalue weighted by molar-refractivity contribution is 8.00. The van der Waals surface area contributed by atoms with Crippen molar-refractivity contribution in [2.75, 3.05) is 25.4 Å². The Morgan fingerprint density at radius 2 is 1.95 bits per heavy atom. The van der Waals surface area contributed by atoms with Crippen LogP contribution in [0.25, 0.3) is 0 Å². The van der Waals surface area contributed by atoms with E-state index < -0.39 is 5.60 Å². The zero-order valence-corrected chi connectivity index (χ0v) is 14.7. The van der Waals surface area contributed by atoms with Gasteiger partial charge < -0.3 is 15.0 Å². The molecule has 2 aliphatic rings. The lowest BCUT2D eigenvalue weighted by Crippen LogP contribution is -2.44. The van der Waals surface area contributed by atoms with Gasteiger partial charge in [0.1, 0.15) is 5.60 Å². The van der Waals surface area contributed by atoms with Crippen molar-refractivity contribution in [3.8, 4) is 0 Å². The topological polar surface area (TPSA) is 41.6 Å². The van der Waals surface area contributed by atoms with E-state index in [0.29, 0.717) is 12.0 Å². The molecule has 0 aromatic carbocycles. The molecule has 0 saturated carbocycles. The van der Waals surface area contributed by atoms with E-state index in [2.05, 4.69) is 24.0 Å². The summed E-state index contributed by atoms with van der Waals surface area (Å²) >= 11 is 2.07. The number of amides is 1. The maximum absolute atomic E-state index is 12.0. The quantitative estimate of drug-likeness (QED) is 0.869. The molecule has 0 radical (unpaired) electrons. The van der Waals surface area contributed by atoms with Crippen LogP contribution < -0.4 is 5.32 Å². The first-order valence-electron chi connectivity index (χ1n) is 8.18. The number of hydrogen-bond donors (Lipinski definition) is 1. The molecule has 1 N–H and O–H groups in total. The van der Waals surface area contributed by atoms with Crippen LogP contribution in [-0.4, -0.2) is 53.3 Å². The number of piperidine rings is 1. The van der Waals surface area contributed by atoms with E-state index in [-0.39, 0.29) is 6.09 Å². The highest BCUT2D eigenvalue weighted by Gasteiger charge is 2.28. The molecule has 2 aliphatic heterocycles. The van der Waals surface area contributed by atoms with Gasteiger partial charge in [-0.2, -0.15) is 11.8 Å². The monoisotopic (exact) mass is 314 g/mol. The number of nitrogens with one attached hydrogen (secondary N) is 1. The SMILES string of the molecule is CC1SCCC1NCC1CCN(C(=O)OC(C)(C)C)CC1. The van der Waals surface area contributed by atoms with Crippen LogP contribution in [0.15, 0.2) is 0 Å². The molecule has 2 heterocycles. The van der Waals surface area contributed by atoms with Gasteiger partial charge in [-0.05, 0) is 58.2 Å². The summed E-state index contributed by atoms with van der Waals surface area (Å²) in [5.74, 6) is 1.98. The summed E-state index contributed by atoms with van der Waals surface area (Å²) in [6, 6.07) is 0.680. The molecule has 122 valence electrons. The van der Waals surface area contributed by atoms with Gasteiger partial charge in [0.2, 0.25) is 0 Å². The average molecular weight is 314 g/mol. The minimum Gasteiger partial charge on any atom is -0.444 e. The molecular weight excluding hydrogens is 284 g/mol. The molecule has 21 heavy (non-hydrogen) atoms. The van der Waals surface area contributed by atoms with Crippen LogP contribution in [0.5, 0.6) is 0 Å². The molecule has 2 atom stereocenters. The van der Waals surface area contributed by atoms with E-state index in [9.17, 15) is 4.79 Å². The summed E-state index contributed by atoms with van der Waals surface area (Å²) in [4.78, 5) is 13.9. The smallest absolute Gasteiger partial charge is 0.410 e. The van der Waals surface area contributed by atoms with Crippen molar-refractivity contribution in [1.29, 1.82) is 0 Å². The van der Waals surface area contributed by atoms with Crippen molar-refractivity contribution < 1.29 is 9.53 Å². The molecule has 4 nitrogen and oxygen atoms in total. The van der Waals surface area contributed by atoms with Gasteiger partial charge >= 0.3 is 6.09 Å². The van der Waals surface area contributed by atoms with Gasteiger partial charge in [-0.1, -0.05) is 6.92 Å². The molecule has 2 saturated heterocycles. The van der Waals surface area contributed by atoms with E-state index in [1.54, 1.807) is 0 Å². The van der Waals surface area contributed by atoms with E-state index in [0.717, 1.165) is 37.7 Å². The van der Waals surface area contributed by atoms with Crippen LogP contribution in [-0.2, 0) is 4.74 Å². The molecule has 1 amide bonds. The van der Waals surface area contributed by atoms with Crippen LogP contribution in [0, 0.1) is 5.92 Å². The summed E-state index contributed by atoms with van der Waals surface area (Å²) in [5, 5.41) is 4.47. The predicted octanol–water partition coefficient (Wildman–Crippen LogP) is 3.12. The Labute approximate surface area is 133 Å². The first-order chi connectivity index (χ1) is 9.85. The third kappa shape index (κ3) is 5.37. The second kappa shape index (κ2) is 7.23. The summed E-state index contributed by atoms with van der Waals surface area (Å²) in [6.07, 6.45) is 3.30. The molecule has 2 fully saturated rings. The Bertz CT molecular complexity index is 349. The van der Waals surface area contributed by atoms with E-state index in [4.69, 9.17) is 4.74 Å². The minimum atomic E-state index is -0.397. The Balaban J connectivity index is 1.67. The van der Waals surface area contributed by atoms with Gasteiger partial charge in [-0.25, -0.2) is 4.79 Å². The number of likely N-dealkylation sites (tertiary alicyclic amines) is 1. The zero-order valence-electron chi connectivity index (χ0n) is 13.9. The molecule has 0 spiro atoms. The number of carbonyl (C=O) groups is 1. The summed E-state index contributed by atoms with van der Waals surface area (Å²) in [6.45, 7) is 10.8. The fourth-order valence-corrected chi connectivity index (χ4v) is 4.19. The van der Waals surface area contributed by atoms with Crippen molar-refractivity contribution in [3.63, 3.8) is 0 Å². The first kappa shape index (κ1) is 16.9. The summed E-state index contributed by atoms with van der Waals surface area (Å²) < 4.78 is 5.44. The highest BCUT2D eigenvalue weighted by Crippen LogP contribution is 2.27. The molecule has 0 aliphatic carbocycles. The van der Waals surface area contributed by atoms with E-state index in [1.807, 2.05) is 25.7 Å². The summed E-state index contributed by atoms with van der Waals surface area (Å²) in [7, 11) is 0. The van der Waals surface area contributed by atoms with Crippen LogP contribution >= 0.6 is 11.8 Å². The van der Waals surface area contributed by atoms with E-state index in [1.165, 1.54) is 12.2 Å². The molecule has 0 aromatic heterocycles. The lowest BCUT2D eigenvalue weighted by molar-refractivity contribution is 0.0183. The summed E-state index contributed by atoms with van der Waals surface area (Å²) in [5.41, 5.74) is -0.397. The second-order valence-corrected chi connectivity index (χ2v) is 8.78. The molecule has 0 aromatic rings. The van der Waals surface area contributed by atoms with Crippen LogP contribution in [0.4, 0.5) is 4.79 Å². The van der Waals surface area contributed by atoms with Gasteiger partial charge in [-0.15, -0.1) is 0 Å². The van der Waals surface area contributed by atoms with Crippen molar-refractivity contribution in [3.05, 3.63) is 0 Å². The standard InChI is InChI=1S/C16H30N2O2S/c1-12-14(7-10-21-12)17-11-13-5-8-18(9-6-13)15(19)20-16(2,3)4/h12-14,17H,5-11H2,1-4H3. The Morgan fingerprint density at radius 3 is 2.48 bits per heavy atom. The maximum Gasteiger partial charge on any atom is 0.410 e. The van der Waals surface area contributed by atoms with Gasteiger partial charge in [-0.3, -0.25) is 0 Å². The van der Waals surface area contributed by atoms with Gasteiger partial charge in [0.05, 0.1) is 0 Å². The van der Waals surface area contributed by atoms with Crippen molar-refractivity contribution in [1.82, 2.24) is 10.2 Å². The van der Waals surface area contributed by atoms with E-state index >= 15 is 0 Å². The number of hydrogen-bond acceptors (Lipinski definition) is 4. The fourth-order valence-electron chi connectivity index (χ4n) is 2.96. The molecule has 0 bridgehead atoms. The number of rotatable bonds is 3.